The van der Waals surface area contributed by atoms with Crippen molar-refractivity contribution in [1.82, 2.24) is 4.57 Å². The zero-order valence-electron chi connectivity index (χ0n) is 7.44. The molecule has 1 unspecified atom stereocenters. The van der Waals surface area contributed by atoms with E-state index in [1.807, 2.05) is 0 Å². The number of carbonyl (C=O) groups is 1. The van der Waals surface area contributed by atoms with Crippen LogP contribution in [-0.2, 0) is 4.74 Å². The summed E-state index contributed by atoms with van der Waals surface area (Å²) in [7, 11) is 0. The van der Waals surface area contributed by atoms with Gasteiger partial charge in [0.1, 0.15) is 5.69 Å². The van der Waals surface area contributed by atoms with E-state index in [2.05, 4.69) is 0 Å². The molecule has 2 heterocycles. The SMILES string of the molecule is O=C(O)c1cc(Cl)cn1C1CCOC1. The van der Waals surface area contributed by atoms with Crippen molar-refractivity contribution in [1.29, 1.82) is 0 Å². The number of rotatable bonds is 2. The second kappa shape index (κ2) is 3.63. The second-order valence-electron chi connectivity index (χ2n) is 3.27. The summed E-state index contributed by atoms with van der Waals surface area (Å²) in [6.07, 6.45) is 2.48. The molecule has 1 aliphatic rings. The first-order valence-corrected chi connectivity index (χ1v) is 4.74. The van der Waals surface area contributed by atoms with Crippen LogP contribution in [0.3, 0.4) is 0 Å². The van der Waals surface area contributed by atoms with Gasteiger partial charge in [0.15, 0.2) is 0 Å². The lowest BCUT2D eigenvalue weighted by Crippen LogP contribution is -2.14. The summed E-state index contributed by atoms with van der Waals surface area (Å²) in [5.74, 6) is -0.955. The predicted octanol–water partition coefficient (Wildman–Crippen LogP) is 1.80. The van der Waals surface area contributed by atoms with E-state index in [4.69, 9.17) is 21.4 Å². The fourth-order valence-electron chi connectivity index (χ4n) is 1.66. The van der Waals surface area contributed by atoms with E-state index in [-0.39, 0.29) is 11.7 Å². The van der Waals surface area contributed by atoms with Crippen molar-refractivity contribution in [2.24, 2.45) is 0 Å². The molecule has 0 spiro atoms. The largest absolute Gasteiger partial charge is 0.477 e. The molecular formula is C9H10ClNO3. The Labute approximate surface area is 86.0 Å². The normalized spacial score (nSPS) is 21.4. The van der Waals surface area contributed by atoms with E-state index in [0.29, 0.717) is 18.2 Å². The van der Waals surface area contributed by atoms with Gasteiger partial charge in [-0.2, -0.15) is 0 Å². The maximum atomic E-state index is 10.9. The van der Waals surface area contributed by atoms with Crippen molar-refractivity contribution in [3.63, 3.8) is 0 Å². The molecule has 0 aromatic carbocycles. The minimum absolute atomic E-state index is 0.105. The summed E-state index contributed by atoms with van der Waals surface area (Å²) in [5.41, 5.74) is 0.227. The molecule has 0 amide bonds. The van der Waals surface area contributed by atoms with Gasteiger partial charge >= 0.3 is 5.97 Å². The van der Waals surface area contributed by atoms with Crippen LogP contribution < -0.4 is 0 Å². The van der Waals surface area contributed by atoms with Gasteiger partial charge in [-0.05, 0) is 12.5 Å². The molecule has 1 aliphatic heterocycles. The molecule has 0 radical (unpaired) electrons. The lowest BCUT2D eigenvalue weighted by Gasteiger charge is -2.11. The zero-order chi connectivity index (χ0) is 10.1. The van der Waals surface area contributed by atoms with Gasteiger partial charge < -0.3 is 14.4 Å². The molecule has 2 rings (SSSR count). The van der Waals surface area contributed by atoms with Crippen LogP contribution >= 0.6 is 11.6 Å². The van der Waals surface area contributed by atoms with E-state index in [0.717, 1.165) is 6.42 Å². The number of halogens is 1. The van der Waals surface area contributed by atoms with Gasteiger partial charge in [-0.15, -0.1) is 0 Å². The summed E-state index contributed by atoms with van der Waals surface area (Å²) in [4.78, 5) is 10.9. The van der Waals surface area contributed by atoms with Gasteiger partial charge in [0.2, 0.25) is 0 Å². The highest BCUT2D eigenvalue weighted by atomic mass is 35.5. The smallest absolute Gasteiger partial charge is 0.352 e. The fraction of sp³-hybridized carbons (Fsp3) is 0.444. The van der Waals surface area contributed by atoms with E-state index < -0.39 is 5.97 Å². The van der Waals surface area contributed by atoms with Crippen molar-refractivity contribution in [3.8, 4) is 0 Å². The Morgan fingerprint density at radius 1 is 1.71 bits per heavy atom. The van der Waals surface area contributed by atoms with E-state index in [9.17, 15) is 4.79 Å². The van der Waals surface area contributed by atoms with Crippen molar-refractivity contribution >= 4 is 17.6 Å². The molecule has 1 fully saturated rings. The van der Waals surface area contributed by atoms with Crippen LogP contribution in [0.2, 0.25) is 5.02 Å². The molecule has 0 saturated carbocycles. The maximum Gasteiger partial charge on any atom is 0.352 e. The van der Waals surface area contributed by atoms with Crippen molar-refractivity contribution in [2.75, 3.05) is 13.2 Å². The first kappa shape index (κ1) is 9.55. The summed E-state index contributed by atoms with van der Waals surface area (Å²) in [5, 5.41) is 9.37. The molecule has 1 N–H and O–H groups in total. The molecule has 4 nitrogen and oxygen atoms in total. The number of aromatic nitrogens is 1. The van der Waals surface area contributed by atoms with Gasteiger partial charge in [-0.25, -0.2) is 4.79 Å². The minimum Gasteiger partial charge on any atom is -0.477 e. The standard InChI is InChI=1S/C9H10ClNO3/c10-6-3-8(9(12)13)11(4-6)7-1-2-14-5-7/h3-4,7H,1-2,5H2,(H,12,13). The monoisotopic (exact) mass is 215 g/mol. The molecule has 14 heavy (non-hydrogen) atoms. The van der Waals surface area contributed by atoms with Crippen LogP contribution in [0.15, 0.2) is 12.3 Å². The molecule has 1 aromatic heterocycles. The first-order valence-electron chi connectivity index (χ1n) is 4.37. The minimum atomic E-state index is -0.955. The van der Waals surface area contributed by atoms with Crippen LogP contribution in [0.4, 0.5) is 0 Å². The average Bonchev–Trinajstić information content (AvgIpc) is 2.70. The lowest BCUT2D eigenvalue weighted by molar-refractivity contribution is 0.0682. The number of aromatic carboxylic acids is 1. The highest BCUT2D eigenvalue weighted by molar-refractivity contribution is 6.30. The number of carboxylic acid groups (broad SMARTS) is 1. The molecule has 76 valence electrons. The Morgan fingerprint density at radius 2 is 2.50 bits per heavy atom. The van der Waals surface area contributed by atoms with Crippen LogP contribution in [0.5, 0.6) is 0 Å². The number of hydrogen-bond donors (Lipinski definition) is 1. The zero-order valence-corrected chi connectivity index (χ0v) is 8.20. The molecule has 1 atom stereocenters. The maximum absolute atomic E-state index is 10.9. The van der Waals surface area contributed by atoms with Crippen LogP contribution in [0, 0.1) is 0 Å². The number of hydrogen-bond acceptors (Lipinski definition) is 2. The van der Waals surface area contributed by atoms with Crippen LogP contribution in [0.25, 0.3) is 0 Å². The molecule has 1 saturated heterocycles. The van der Waals surface area contributed by atoms with Crippen molar-refractivity contribution in [3.05, 3.63) is 23.0 Å². The van der Waals surface area contributed by atoms with E-state index in [1.54, 1.807) is 10.8 Å². The Balaban J connectivity index is 2.35. The molecule has 5 heteroatoms. The average molecular weight is 216 g/mol. The summed E-state index contributed by atoms with van der Waals surface area (Å²) in [6.45, 7) is 1.24. The Hall–Kier alpha value is -1.00. The van der Waals surface area contributed by atoms with Gasteiger partial charge in [-0.1, -0.05) is 11.6 Å². The summed E-state index contributed by atoms with van der Waals surface area (Å²) >= 11 is 5.76. The third-order valence-corrected chi connectivity index (χ3v) is 2.54. The van der Waals surface area contributed by atoms with Crippen LogP contribution in [-0.4, -0.2) is 28.9 Å². The fourth-order valence-corrected chi connectivity index (χ4v) is 1.87. The summed E-state index contributed by atoms with van der Waals surface area (Å²) < 4.78 is 6.88. The third kappa shape index (κ3) is 1.63. The molecule has 0 aliphatic carbocycles. The second-order valence-corrected chi connectivity index (χ2v) is 3.71. The highest BCUT2D eigenvalue weighted by Crippen LogP contribution is 2.24. The molecule has 1 aromatic rings. The van der Waals surface area contributed by atoms with Crippen molar-refractivity contribution < 1.29 is 14.6 Å². The Kier molecular flexibility index (Phi) is 2.48. The first-order chi connectivity index (χ1) is 6.68. The van der Waals surface area contributed by atoms with Gasteiger partial charge in [0.25, 0.3) is 0 Å². The Bertz CT molecular complexity index is 355. The quantitative estimate of drug-likeness (QED) is 0.819. The van der Waals surface area contributed by atoms with Gasteiger partial charge in [0.05, 0.1) is 17.7 Å². The van der Waals surface area contributed by atoms with E-state index in [1.165, 1.54) is 6.07 Å². The molecular weight excluding hydrogens is 206 g/mol. The van der Waals surface area contributed by atoms with Gasteiger partial charge in [0, 0.05) is 12.8 Å². The van der Waals surface area contributed by atoms with Crippen molar-refractivity contribution in [2.45, 2.75) is 12.5 Å². The lowest BCUT2D eigenvalue weighted by atomic mass is 10.2. The highest BCUT2D eigenvalue weighted by Gasteiger charge is 2.22. The summed E-state index contributed by atoms with van der Waals surface area (Å²) in [6, 6.07) is 1.57. The molecule has 0 bridgehead atoms. The van der Waals surface area contributed by atoms with Crippen LogP contribution in [0.1, 0.15) is 23.0 Å². The predicted molar refractivity (Wildman–Crippen MR) is 50.9 cm³/mol. The topological polar surface area (TPSA) is 51.5 Å². The number of nitrogens with zero attached hydrogens (tertiary/aromatic N) is 1. The van der Waals surface area contributed by atoms with Gasteiger partial charge in [-0.3, -0.25) is 0 Å². The number of carboxylic acids is 1. The third-order valence-electron chi connectivity index (χ3n) is 2.33. The Morgan fingerprint density at radius 3 is 3.07 bits per heavy atom. The number of ether oxygens (including phenoxy) is 1. The van der Waals surface area contributed by atoms with E-state index >= 15 is 0 Å².